The number of nitrogens with zero attached hydrogens (tertiary/aromatic N) is 2. The van der Waals surface area contributed by atoms with Crippen molar-refractivity contribution in [2.75, 3.05) is 13.2 Å². The highest BCUT2D eigenvalue weighted by atomic mass is 32.2. The number of alkyl halides is 3. The molecule has 1 aliphatic heterocycles. The number of hydrogen-bond acceptors (Lipinski definition) is 4. The van der Waals surface area contributed by atoms with E-state index in [1.165, 1.54) is 4.68 Å². The number of rotatable bonds is 4. The van der Waals surface area contributed by atoms with E-state index in [0.717, 1.165) is 6.07 Å². The van der Waals surface area contributed by atoms with Gasteiger partial charge in [0.05, 0.1) is 18.3 Å². The Morgan fingerprint density at radius 3 is 2.58 bits per heavy atom. The predicted octanol–water partition coefficient (Wildman–Crippen LogP) is 2.91. The molecule has 130 valence electrons. The van der Waals surface area contributed by atoms with E-state index in [-0.39, 0.29) is 11.8 Å². The average molecular weight is 359 g/mol. The molecule has 1 aromatic carbocycles. The van der Waals surface area contributed by atoms with Crippen molar-refractivity contribution in [3.63, 3.8) is 0 Å². The Morgan fingerprint density at radius 2 is 2.04 bits per heavy atom. The van der Waals surface area contributed by atoms with Crippen molar-refractivity contribution < 1.29 is 26.7 Å². The lowest BCUT2D eigenvalue weighted by Gasteiger charge is -2.13. The van der Waals surface area contributed by atoms with Gasteiger partial charge in [-0.2, -0.15) is 18.3 Å². The fraction of sp³-hybridized carbons (Fsp3) is 0.400. The van der Waals surface area contributed by atoms with Crippen molar-refractivity contribution in [2.24, 2.45) is 0 Å². The van der Waals surface area contributed by atoms with Crippen LogP contribution in [0.3, 0.4) is 0 Å². The minimum absolute atomic E-state index is 0.135. The summed E-state index contributed by atoms with van der Waals surface area (Å²) in [4.78, 5) is 0. The van der Waals surface area contributed by atoms with Crippen LogP contribution in [0.5, 0.6) is 0 Å². The lowest BCUT2D eigenvalue weighted by Crippen LogP contribution is -2.14. The zero-order valence-corrected chi connectivity index (χ0v) is 13.3. The minimum atomic E-state index is -4.53. The second kappa shape index (κ2) is 6.66. The molecule has 0 amide bonds. The maximum atomic E-state index is 13.0. The fourth-order valence-electron chi connectivity index (χ4n) is 2.65. The first kappa shape index (κ1) is 17.1. The Kier molecular flexibility index (Phi) is 4.75. The van der Waals surface area contributed by atoms with Crippen LogP contribution in [-0.2, 0) is 27.7 Å². The normalized spacial score (nSPS) is 19.6. The van der Waals surface area contributed by atoms with E-state index in [0.29, 0.717) is 36.5 Å². The van der Waals surface area contributed by atoms with Crippen molar-refractivity contribution in [2.45, 2.75) is 24.4 Å². The summed E-state index contributed by atoms with van der Waals surface area (Å²) in [6.07, 6.45) is -3.93. The van der Waals surface area contributed by atoms with Crippen molar-refractivity contribution >= 4 is 11.1 Å². The van der Waals surface area contributed by atoms with Gasteiger partial charge >= 0.3 is 6.18 Å². The van der Waals surface area contributed by atoms with Crippen LogP contribution >= 0.6 is 0 Å². The summed E-state index contributed by atoms with van der Waals surface area (Å²) < 4.78 is 67.1. The van der Waals surface area contributed by atoms with Crippen LogP contribution in [0.15, 0.2) is 30.3 Å². The number of aromatic nitrogens is 2. The maximum absolute atomic E-state index is 13.0. The fourth-order valence-corrected chi connectivity index (χ4v) is 3.11. The third-order valence-corrected chi connectivity index (χ3v) is 4.38. The number of ether oxygens (including phenoxy) is 1. The van der Waals surface area contributed by atoms with Gasteiger partial charge in [-0.3, -0.25) is 8.89 Å². The Morgan fingerprint density at radius 1 is 1.33 bits per heavy atom. The molecule has 3 rings (SSSR count). The smallest absolute Gasteiger partial charge is 0.435 e. The van der Waals surface area contributed by atoms with Crippen molar-refractivity contribution in [3.05, 3.63) is 41.6 Å². The monoisotopic (exact) mass is 359 g/mol. The van der Waals surface area contributed by atoms with Crippen LogP contribution in [0.2, 0.25) is 0 Å². The molecule has 2 heterocycles. The lowest BCUT2D eigenvalue weighted by molar-refractivity contribution is -0.141. The first-order valence-electron chi connectivity index (χ1n) is 7.24. The molecular weight excluding hydrogens is 345 g/mol. The van der Waals surface area contributed by atoms with Crippen molar-refractivity contribution in [3.8, 4) is 11.3 Å². The third kappa shape index (κ3) is 3.68. The van der Waals surface area contributed by atoms with Gasteiger partial charge in [-0.15, -0.1) is 0 Å². The first-order chi connectivity index (χ1) is 11.3. The summed E-state index contributed by atoms with van der Waals surface area (Å²) in [6.45, 7) is 0.804. The molecule has 24 heavy (non-hydrogen) atoms. The number of halogens is 3. The maximum Gasteiger partial charge on any atom is 0.435 e. The minimum Gasteiger partial charge on any atom is -0.772 e. The molecule has 0 spiro atoms. The van der Waals surface area contributed by atoms with Gasteiger partial charge in [-0.1, -0.05) is 35.3 Å². The summed E-state index contributed by atoms with van der Waals surface area (Å²) >= 11 is -2.21. The SMILES string of the molecule is O=S([O-])Cc1ccc(-c2cc(C(F)(F)F)nn2C2CCOC2)cc1. The van der Waals surface area contributed by atoms with E-state index >= 15 is 0 Å². The highest BCUT2D eigenvalue weighted by molar-refractivity contribution is 7.78. The van der Waals surface area contributed by atoms with Gasteiger partial charge in [0.2, 0.25) is 0 Å². The topological polar surface area (TPSA) is 67.2 Å². The van der Waals surface area contributed by atoms with E-state index in [4.69, 9.17) is 4.74 Å². The van der Waals surface area contributed by atoms with Gasteiger partial charge < -0.3 is 9.29 Å². The van der Waals surface area contributed by atoms with Gasteiger partial charge in [-0.05, 0) is 23.6 Å². The molecule has 0 N–H and O–H groups in total. The van der Waals surface area contributed by atoms with Crippen molar-refractivity contribution in [1.82, 2.24) is 9.78 Å². The molecule has 2 aromatic rings. The average Bonchev–Trinajstić information content (AvgIpc) is 3.16. The van der Waals surface area contributed by atoms with E-state index in [1.807, 2.05) is 0 Å². The molecule has 1 aromatic heterocycles. The van der Waals surface area contributed by atoms with E-state index in [2.05, 4.69) is 5.10 Å². The van der Waals surface area contributed by atoms with E-state index in [9.17, 15) is 21.9 Å². The van der Waals surface area contributed by atoms with Gasteiger partial charge in [0.1, 0.15) is 0 Å². The molecule has 1 fully saturated rings. The van der Waals surface area contributed by atoms with E-state index < -0.39 is 23.0 Å². The van der Waals surface area contributed by atoms with Crippen LogP contribution in [0, 0.1) is 0 Å². The van der Waals surface area contributed by atoms with Crippen LogP contribution in [0.1, 0.15) is 23.7 Å². The molecule has 1 saturated heterocycles. The summed E-state index contributed by atoms with van der Waals surface area (Å²) in [6, 6.07) is 7.14. The van der Waals surface area contributed by atoms with Crippen LogP contribution < -0.4 is 0 Å². The molecule has 0 saturated carbocycles. The molecule has 2 atom stereocenters. The number of hydrogen-bond donors (Lipinski definition) is 0. The molecular formula is C15H14F3N2O3S-. The second-order valence-electron chi connectivity index (χ2n) is 5.52. The zero-order valence-electron chi connectivity index (χ0n) is 12.5. The molecule has 9 heteroatoms. The van der Waals surface area contributed by atoms with Crippen LogP contribution in [-0.4, -0.2) is 31.8 Å². The Balaban J connectivity index is 1.98. The van der Waals surface area contributed by atoms with Gasteiger partial charge in [0.25, 0.3) is 0 Å². The standard InChI is InChI=1S/C15H15F3N2O3S/c16-15(17,18)14-7-13(20(19-14)12-5-6-23-8-12)11-3-1-10(2-4-11)9-24(21)22/h1-4,7,12H,5-6,8-9H2,(H,21,22)/p-1. The molecule has 1 aliphatic rings. The van der Waals surface area contributed by atoms with Gasteiger partial charge in [0.15, 0.2) is 5.69 Å². The molecule has 2 unspecified atom stereocenters. The molecule has 5 nitrogen and oxygen atoms in total. The lowest BCUT2D eigenvalue weighted by atomic mass is 10.1. The molecule has 0 radical (unpaired) electrons. The van der Waals surface area contributed by atoms with Gasteiger partial charge in [0, 0.05) is 12.4 Å². The zero-order chi connectivity index (χ0) is 17.3. The Hall–Kier alpha value is -1.71. The predicted molar refractivity (Wildman–Crippen MR) is 79.8 cm³/mol. The highest BCUT2D eigenvalue weighted by Gasteiger charge is 2.36. The molecule has 0 bridgehead atoms. The van der Waals surface area contributed by atoms with Gasteiger partial charge in [-0.25, -0.2) is 0 Å². The van der Waals surface area contributed by atoms with E-state index in [1.54, 1.807) is 24.3 Å². The van der Waals surface area contributed by atoms with Crippen LogP contribution in [0.25, 0.3) is 11.3 Å². The summed E-state index contributed by atoms with van der Waals surface area (Å²) in [5.41, 5.74) is 0.505. The third-order valence-electron chi connectivity index (χ3n) is 3.81. The quantitative estimate of drug-likeness (QED) is 0.788. The Labute approximate surface area is 138 Å². The van der Waals surface area contributed by atoms with Crippen LogP contribution in [0.4, 0.5) is 13.2 Å². The summed E-state index contributed by atoms with van der Waals surface area (Å²) in [5, 5.41) is 3.72. The summed E-state index contributed by atoms with van der Waals surface area (Å²) in [7, 11) is 0. The summed E-state index contributed by atoms with van der Waals surface area (Å²) in [5.74, 6) is -0.135. The van der Waals surface area contributed by atoms with Crippen molar-refractivity contribution in [1.29, 1.82) is 0 Å². The second-order valence-corrected chi connectivity index (χ2v) is 6.42. The number of benzene rings is 1. The largest absolute Gasteiger partial charge is 0.772 e. The molecule has 0 aliphatic carbocycles. The first-order valence-corrected chi connectivity index (χ1v) is 8.48. The highest BCUT2D eigenvalue weighted by Crippen LogP contribution is 2.34. The Bertz CT molecular complexity index is 737.